The van der Waals surface area contributed by atoms with Crippen molar-refractivity contribution in [3.05, 3.63) is 65.5 Å². The number of aromatic carboxylic acids is 1. The number of benzene rings is 2. The third-order valence-electron chi connectivity index (χ3n) is 5.76. The number of carboxylic acid groups (broad SMARTS) is 1. The zero-order valence-electron chi connectivity index (χ0n) is 17.6. The summed E-state index contributed by atoms with van der Waals surface area (Å²) in [5, 5.41) is 24.5. The zero-order chi connectivity index (χ0) is 24.0. The Kier molecular flexibility index (Phi) is 5.41. The molecule has 11 heteroatoms. The van der Waals surface area contributed by atoms with E-state index >= 15 is 0 Å². The number of halogens is 3. The fourth-order valence-corrected chi connectivity index (χ4v) is 4.44. The first kappa shape index (κ1) is 22.7. The molecule has 2 heterocycles. The van der Waals surface area contributed by atoms with Gasteiger partial charge in [0.05, 0.1) is 0 Å². The molecule has 0 spiro atoms. The van der Waals surface area contributed by atoms with Crippen molar-refractivity contribution < 1.29 is 37.4 Å². The van der Waals surface area contributed by atoms with Gasteiger partial charge in [0.2, 0.25) is 0 Å². The average molecular weight is 463 g/mol. The van der Waals surface area contributed by atoms with E-state index < -0.39 is 34.9 Å². The Labute approximate surface area is 186 Å². The summed E-state index contributed by atoms with van der Waals surface area (Å²) in [6.45, 7) is 2.94. The van der Waals surface area contributed by atoms with Crippen molar-refractivity contribution in [1.82, 2.24) is 15.0 Å². The summed E-state index contributed by atoms with van der Waals surface area (Å²) >= 11 is 0. The molecule has 4 rings (SSSR count). The predicted molar refractivity (Wildman–Crippen MR) is 108 cm³/mol. The molecule has 2 N–H and O–H groups in total. The maximum Gasteiger partial charge on any atom is 0.573 e. The van der Waals surface area contributed by atoms with E-state index in [4.69, 9.17) is 9.63 Å². The molecule has 1 saturated heterocycles. The second kappa shape index (κ2) is 7.85. The largest absolute Gasteiger partial charge is 0.573 e. The molecule has 1 aliphatic heterocycles. The van der Waals surface area contributed by atoms with Gasteiger partial charge in [0.15, 0.2) is 0 Å². The van der Waals surface area contributed by atoms with Gasteiger partial charge in [-0.15, -0.1) is 13.2 Å². The van der Waals surface area contributed by atoms with Gasteiger partial charge in [0.25, 0.3) is 11.7 Å². The number of carboxylic acids is 1. The van der Waals surface area contributed by atoms with Gasteiger partial charge in [-0.1, -0.05) is 31.2 Å². The van der Waals surface area contributed by atoms with E-state index in [2.05, 4.69) is 14.9 Å². The maximum absolute atomic E-state index is 12.6. The number of hydrogen-bond donors (Lipinski definition) is 2. The number of aromatic nitrogens is 2. The molecule has 33 heavy (non-hydrogen) atoms. The number of ether oxygens (including phenoxy) is 1. The Morgan fingerprint density at radius 1 is 1.15 bits per heavy atom. The van der Waals surface area contributed by atoms with Crippen molar-refractivity contribution in [3.8, 4) is 17.2 Å². The highest BCUT2D eigenvalue weighted by atomic mass is 19.4. The first-order valence-corrected chi connectivity index (χ1v) is 9.86. The highest BCUT2D eigenvalue weighted by Gasteiger charge is 2.55. The lowest BCUT2D eigenvalue weighted by Gasteiger charge is -2.56. The molecule has 0 bridgehead atoms. The lowest BCUT2D eigenvalue weighted by atomic mass is 9.62. The van der Waals surface area contributed by atoms with E-state index in [0.717, 1.165) is 12.1 Å². The van der Waals surface area contributed by atoms with Gasteiger partial charge in [0.1, 0.15) is 11.4 Å². The number of carbonyl (C=O) groups is 1. The number of aliphatic hydroxyl groups is 1. The van der Waals surface area contributed by atoms with Crippen LogP contribution in [0.2, 0.25) is 0 Å². The van der Waals surface area contributed by atoms with Gasteiger partial charge < -0.3 is 24.4 Å². The Balaban J connectivity index is 1.78. The van der Waals surface area contributed by atoms with Crippen LogP contribution in [0.5, 0.6) is 5.75 Å². The topological polar surface area (TPSA) is 109 Å². The molecular weight excluding hydrogens is 443 g/mol. The minimum atomic E-state index is -4.83. The summed E-state index contributed by atoms with van der Waals surface area (Å²) in [6, 6.07) is 11.6. The first-order chi connectivity index (χ1) is 15.4. The highest BCUT2D eigenvalue weighted by Crippen LogP contribution is 2.50. The Bertz CT molecular complexity index is 1170. The van der Waals surface area contributed by atoms with Crippen molar-refractivity contribution in [2.24, 2.45) is 5.41 Å². The molecule has 1 aromatic heterocycles. The second-order valence-corrected chi connectivity index (χ2v) is 8.32. The Hall–Kier alpha value is -3.44. The number of hydrogen-bond acceptors (Lipinski definition) is 7. The van der Waals surface area contributed by atoms with Crippen molar-refractivity contribution in [3.63, 3.8) is 0 Å². The molecule has 1 atom stereocenters. The van der Waals surface area contributed by atoms with Crippen LogP contribution in [-0.4, -0.2) is 57.7 Å². The van der Waals surface area contributed by atoms with Crippen LogP contribution in [0.15, 0.2) is 53.1 Å². The summed E-state index contributed by atoms with van der Waals surface area (Å²) in [7, 11) is 1.89. The van der Waals surface area contributed by atoms with Gasteiger partial charge in [-0.3, -0.25) is 0 Å². The van der Waals surface area contributed by atoms with Crippen molar-refractivity contribution >= 4 is 5.97 Å². The van der Waals surface area contributed by atoms with Crippen LogP contribution in [0.25, 0.3) is 11.5 Å². The van der Waals surface area contributed by atoms with E-state index in [1.54, 1.807) is 24.3 Å². The van der Waals surface area contributed by atoms with Gasteiger partial charge >= 0.3 is 12.3 Å². The van der Waals surface area contributed by atoms with Gasteiger partial charge in [-0.05, 0) is 47.6 Å². The van der Waals surface area contributed by atoms with E-state index in [0.29, 0.717) is 29.8 Å². The zero-order valence-corrected chi connectivity index (χ0v) is 17.6. The van der Waals surface area contributed by atoms with Crippen LogP contribution in [0.1, 0.15) is 28.7 Å². The fourth-order valence-electron chi connectivity index (χ4n) is 4.44. The monoisotopic (exact) mass is 463 g/mol. The van der Waals surface area contributed by atoms with Crippen LogP contribution in [0.3, 0.4) is 0 Å². The van der Waals surface area contributed by atoms with Crippen LogP contribution in [-0.2, 0) is 5.60 Å². The third-order valence-corrected chi connectivity index (χ3v) is 5.76. The van der Waals surface area contributed by atoms with E-state index in [-0.39, 0.29) is 5.89 Å². The summed E-state index contributed by atoms with van der Waals surface area (Å²) in [5.41, 5.74) is -1.06. The van der Waals surface area contributed by atoms with Crippen molar-refractivity contribution in [2.75, 3.05) is 20.1 Å². The number of rotatable bonds is 6. The molecule has 174 valence electrons. The Morgan fingerprint density at radius 2 is 1.82 bits per heavy atom. The highest BCUT2D eigenvalue weighted by molar-refractivity contribution is 5.83. The smallest absolute Gasteiger partial charge is 0.475 e. The minimum Gasteiger partial charge on any atom is -0.475 e. The van der Waals surface area contributed by atoms with Crippen LogP contribution in [0.4, 0.5) is 13.2 Å². The molecule has 2 aromatic carbocycles. The average Bonchev–Trinajstić information content (AvgIpc) is 3.22. The van der Waals surface area contributed by atoms with Gasteiger partial charge in [-0.2, -0.15) is 4.98 Å². The number of alkyl halides is 3. The molecule has 0 saturated carbocycles. The van der Waals surface area contributed by atoms with Gasteiger partial charge in [0, 0.05) is 24.1 Å². The van der Waals surface area contributed by atoms with E-state index in [1.807, 2.05) is 18.9 Å². The van der Waals surface area contributed by atoms with Crippen LogP contribution in [0, 0.1) is 5.41 Å². The molecule has 0 amide bonds. The molecule has 1 unspecified atom stereocenters. The second-order valence-electron chi connectivity index (χ2n) is 8.32. The van der Waals surface area contributed by atoms with Crippen molar-refractivity contribution in [2.45, 2.75) is 18.9 Å². The molecule has 1 fully saturated rings. The predicted octanol–water partition coefficient (Wildman–Crippen LogP) is 3.52. The molecule has 1 aliphatic rings. The normalized spacial score (nSPS) is 17.8. The van der Waals surface area contributed by atoms with Gasteiger partial charge in [-0.25, -0.2) is 4.79 Å². The molecule has 3 aromatic rings. The first-order valence-electron chi connectivity index (χ1n) is 9.86. The number of nitrogens with zero attached hydrogens (tertiary/aromatic N) is 3. The summed E-state index contributed by atoms with van der Waals surface area (Å²) in [4.78, 5) is 16.9. The van der Waals surface area contributed by atoms with E-state index in [1.165, 1.54) is 12.1 Å². The molecule has 0 radical (unpaired) electrons. The summed E-state index contributed by atoms with van der Waals surface area (Å²) in [5.74, 6) is -2.28. The molecular formula is C22H20F3N3O5. The maximum atomic E-state index is 12.6. The van der Waals surface area contributed by atoms with Crippen LogP contribution < -0.4 is 4.74 Å². The summed E-state index contributed by atoms with van der Waals surface area (Å²) < 4.78 is 46.7. The third kappa shape index (κ3) is 4.16. The minimum absolute atomic E-state index is 0.0404. The van der Waals surface area contributed by atoms with E-state index in [9.17, 15) is 23.1 Å². The quantitative estimate of drug-likeness (QED) is 0.572. The van der Waals surface area contributed by atoms with Crippen molar-refractivity contribution in [1.29, 1.82) is 0 Å². The number of likely N-dealkylation sites (tertiary alicyclic amines) is 1. The Morgan fingerprint density at radius 3 is 2.36 bits per heavy atom. The molecule has 0 aliphatic carbocycles. The lowest BCUT2D eigenvalue weighted by Crippen LogP contribution is -2.63. The fraction of sp³-hybridized carbons (Fsp3) is 0.318. The SMILES string of the molecule is CN1CC(C)(C(O)(c2ccc(OC(F)(F)F)cc2)c2cccc(-c3nc(C(=O)O)no3)c2)C1. The standard InChI is InChI=1S/C22H20F3N3O5/c1-20(11-28(2)12-20)21(31,14-6-8-16(9-7-14)32-22(23,24)25)15-5-3-4-13(10-15)18-26-17(19(29)30)27-33-18/h3-10,31H,11-12H2,1-2H3,(H,29,30). The van der Waals surface area contributed by atoms with Crippen LogP contribution >= 0.6 is 0 Å². The molecule has 8 nitrogen and oxygen atoms in total. The lowest BCUT2D eigenvalue weighted by molar-refractivity contribution is -0.274. The summed E-state index contributed by atoms with van der Waals surface area (Å²) in [6.07, 6.45) is -4.83.